The van der Waals surface area contributed by atoms with Gasteiger partial charge in [0.2, 0.25) is 0 Å². The molecule has 0 radical (unpaired) electrons. The topological polar surface area (TPSA) is 37.1 Å². The van der Waals surface area contributed by atoms with Crippen LogP contribution in [0.5, 0.6) is 0 Å². The molecule has 37 heavy (non-hydrogen) atoms. The summed E-state index contributed by atoms with van der Waals surface area (Å²) in [7, 11) is -5.15. The molecule has 1 heterocycles. The first-order valence-electron chi connectivity index (χ1n) is 12.6. The zero-order valence-corrected chi connectivity index (χ0v) is 25.9. The lowest BCUT2D eigenvalue weighted by Crippen LogP contribution is -2.21. The fourth-order valence-electron chi connectivity index (χ4n) is 4.89. The second-order valence-corrected chi connectivity index (χ2v) is 28.0. The summed E-state index contributed by atoms with van der Waals surface area (Å²) in [5.41, 5.74) is -1.90. The maximum absolute atomic E-state index is 6.61. The molecule has 1 aliphatic rings. The lowest BCUT2D eigenvalue weighted by atomic mass is 10.4. The SMILES string of the molecule is CCP(=S)(CC)P1(C)=NP(c2ccccc2)(c2ccccc2)=NP(c2ccccc2)(c2ccccc2)=N1. The summed E-state index contributed by atoms with van der Waals surface area (Å²) in [5, 5.41) is 4.75. The van der Waals surface area contributed by atoms with Crippen molar-refractivity contribution < 1.29 is 0 Å². The van der Waals surface area contributed by atoms with Gasteiger partial charge in [0.15, 0.2) is 0 Å². The van der Waals surface area contributed by atoms with Crippen LogP contribution >= 0.6 is 27.0 Å². The third-order valence-corrected chi connectivity index (χ3v) is 32.9. The van der Waals surface area contributed by atoms with Crippen LogP contribution in [0.4, 0.5) is 0 Å². The van der Waals surface area contributed by atoms with Gasteiger partial charge in [-0.25, -0.2) is 13.5 Å². The molecule has 1 atom stereocenters. The van der Waals surface area contributed by atoms with Crippen LogP contribution in [0.3, 0.4) is 0 Å². The van der Waals surface area contributed by atoms with Crippen molar-refractivity contribution in [2.45, 2.75) is 13.8 Å². The molecule has 0 saturated carbocycles. The Hall–Kier alpha value is -1.78. The highest BCUT2D eigenvalue weighted by Crippen LogP contribution is 2.90. The van der Waals surface area contributed by atoms with Gasteiger partial charge in [0.05, 0.1) is 0 Å². The predicted molar refractivity (Wildman–Crippen MR) is 174 cm³/mol. The van der Waals surface area contributed by atoms with Gasteiger partial charge in [-0.05, 0) is 19.0 Å². The lowest BCUT2D eigenvalue weighted by Gasteiger charge is -2.40. The van der Waals surface area contributed by atoms with Gasteiger partial charge in [-0.1, -0.05) is 147 Å². The van der Waals surface area contributed by atoms with Crippen molar-refractivity contribution in [1.82, 2.24) is 0 Å². The van der Waals surface area contributed by atoms with E-state index in [9.17, 15) is 0 Å². The molecule has 1 unspecified atom stereocenters. The standard InChI is InChI=1S/C29H33N3P4S/c1-4-34(37,5-2)33(3)30-35(26-18-10-6-11-19-26,27-20-12-7-13-21-27)32-36(31-33,28-22-14-8-15-23-28)29-24-16-9-17-25-29/h6-25H,4-5H2,1-3H3. The quantitative estimate of drug-likeness (QED) is 0.202. The van der Waals surface area contributed by atoms with Gasteiger partial charge in [0.25, 0.3) is 0 Å². The Morgan fingerprint density at radius 3 is 1.11 bits per heavy atom. The molecule has 1 aliphatic heterocycles. The summed E-state index contributed by atoms with van der Waals surface area (Å²) in [6, 6.07) is 43.0. The smallest absolute Gasteiger partial charge is 0.138 e. The summed E-state index contributed by atoms with van der Waals surface area (Å²) in [6.07, 6.45) is 1.92. The highest BCUT2D eigenvalue weighted by atomic mass is 32.6. The van der Waals surface area contributed by atoms with E-state index in [4.69, 9.17) is 25.4 Å². The first-order chi connectivity index (χ1) is 17.9. The molecule has 190 valence electrons. The van der Waals surface area contributed by atoms with E-state index < -0.39 is 27.0 Å². The Bertz CT molecular complexity index is 1430. The molecule has 0 amide bonds. The van der Waals surface area contributed by atoms with Crippen LogP contribution in [0.15, 0.2) is 135 Å². The molecule has 8 heteroatoms. The van der Waals surface area contributed by atoms with Crippen molar-refractivity contribution in [2.24, 2.45) is 13.5 Å². The van der Waals surface area contributed by atoms with Crippen LogP contribution in [0.2, 0.25) is 0 Å². The molecule has 0 N–H and O–H groups in total. The average Bonchev–Trinajstić information content (AvgIpc) is 2.98. The molecule has 0 bridgehead atoms. The largest absolute Gasteiger partial charge is 0.227 e. The second-order valence-electron chi connectivity index (χ2n) is 9.16. The Labute approximate surface area is 227 Å². The van der Waals surface area contributed by atoms with Crippen LogP contribution in [-0.2, 0) is 11.8 Å². The summed E-state index contributed by atoms with van der Waals surface area (Å²) in [4.78, 5) is 0. The Kier molecular flexibility index (Phi) is 7.80. The fourth-order valence-corrected chi connectivity index (χ4v) is 30.3. The molecule has 0 aliphatic carbocycles. The van der Waals surface area contributed by atoms with E-state index in [2.05, 4.69) is 142 Å². The Morgan fingerprint density at radius 1 is 0.514 bits per heavy atom. The van der Waals surface area contributed by atoms with Crippen LogP contribution in [0.25, 0.3) is 0 Å². The summed E-state index contributed by atoms with van der Waals surface area (Å²) < 4.78 is 17.8. The van der Waals surface area contributed by atoms with E-state index in [1.165, 1.54) is 21.2 Å². The van der Waals surface area contributed by atoms with Gasteiger partial charge in [-0.15, -0.1) is 0 Å². The monoisotopic (exact) mass is 579 g/mol. The molecule has 5 rings (SSSR count). The minimum atomic E-state index is -2.58. The minimum Gasteiger partial charge on any atom is -0.227 e. The predicted octanol–water partition coefficient (Wildman–Crippen LogP) is 8.71. The minimum absolute atomic E-state index is 0.962. The van der Waals surface area contributed by atoms with E-state index in [1.807, 2.05) is 0 Å². The highest BCUT2D eigenvalue weighted by molar-refractivity contribution is 8.55. The van der Waals surface area contributed by atoms with Crippen LogP contribution in [0.1, 0.15) is 13.8 Å². The normalized spacial score (nSPS) is 20.2. The molecule has 0 saturated heterocycles. The van der Waals surface area contributed by atoms with E-state index in [0.29, 0.717) is 0 Å². The first-order valence-corrected chi connectivity index (χ1v) is 22.0. The maximum atomic E-state index is 6.61. The number of benzene rings is 4. The molecule has 0 spiro atoms. The van der Waals surface area contributed by atoms with Crippen molar-refractivity contribution in [3.8, 4) is 0 Å². The van der Waals surface area contributed by atoms with Crippen LogP contribution < -0.4 is 21.2 Å². The third-order valence-electron chi connectivity index (χ3n) is 7.00. The number of hydrogen-bond acceptors (Lipinski definition) is 4. The summed E-state index contributed by atoms with van der Waals surface area (Å²) in [6.45, 7) is 4.53. The van der Waals surface area contributed by atoms with Crippen LogP contribution in [0, 0.1) is 0 Å². The number of hydrogen-bond donors (Lipinski definition) is 0. The Morgan fingerprint density at radius 2 is 0.811 bits per heavy atom. The van der Waals surface area contributed by atoms with Gasteiger partial charge in [-0.3, -0.25) is 0 Å². The number of rotatable bonds is 7. The maximum Gasteiger partial charge on any atom is 0.138 e. The van der Waals surface area contributed by atoms with Crippen LogP contribution in [-0.4, -0.2) is 19.0 Å². The average molecular weight is 580 g/mol. The highest BCUT2D eigenvalue weighted by Gasteiger charge is 2.43. The molecule has 0 fully saturated rings. The van der Waals surface area contributed by atoms with Crippen molar-refractivity contribution in [2.75, 3.05) is 19.0 Å². The van der Waals surface area contributed by atoms with E-state index in [0.717, 1.165) is 12.3 Å². The van der Waals surface area contributed by atoms with Crippen molar-refractivity contribution >= 4 is 60.1 Å². The number of nitrogens with zero attached hydrogens (tertiary/aromatic N) is 3. The zero-order chi connectivity index (χ0) is 26.0. The molecule has 0 aromatic heterocycles. The summed E-state index contributed by atoms with van der Waals surface area (Å²) >= 11 is 6.61. The molecule has 4 aromatic rings. The van der Waals surface area contributed by atoms with Gasteiger partial charge < -0.3 is 0 Å². The van der Waals surface area contributed by atoms with Gasteiger partial charge in [0.1, 0.15) is 21.3 Å². The van der Waals surface area contributed by atoms with E-state index in [1.54, 1.807) is 0 Å². The third kappa shape index (κ3) is 4.67. The Balaban J connectivity index is 2.08. The van der Waals surface area contributed by atoms with Gasteiger partial charge >= 0.3 is 0 Å². The van der Waals surface area contributed by atoms with Crippen molar-refractivity contribution in [1.29, 1.82) is 0 Å². The second kappa shape index (κ2) is 10.8. The zero-order valence-electron chi connectivity index (χ0n) is 21.5. The van der Waals surface area contributed by atoms with Crippen molar-refractivity contribution in [3.05, 3.63) is 121 Å². The molecule has 4 aromatic carbocycles. The van der Waals surface area contributed by atoms with Gasteiger partial charge in [-0.2, -0.15) is 0 Å². The van der Waals surface area contributed by atoms with Crippen molar-refractivity contribution in [3.63, 3.8) is 0 Å². The summed E-state index contributed by atoms with van der Waals surface area (Å²) in [5.74, 6) is 0. The van der Waals surface area contributed by atoms with E-state index in [-0.39, 0.29) is 0 Å². The van der Waals surface area contributed by atoms with Gasteiger partial charge in [0, 0.05) is 26.9 Å². The fraction of sp³-hybridized carbons (Fsp3) is 0.172. The van der Waals surface area contributed by atoms with E-state index >= 15 is 0 Å². The molecule has 3 nitrogen and oxygen atoms in total. The first kappa shape index (κ1) is 26.8. The molecular weight excluding hydrogens is 546 g/mol. The lowest BCUT2D eigenvalue weighted by molar-refractivity contribution is 1.43. The molecular formula is C29H33N3P4S.